The van der Waals surface area contributed by atoms with Crippen molar-refractivity contribution in [3.05, 3.63) is 29.0 Å². The zero-order valence-electron chi connectivity index (χ0n) is 11.3. The molecule has 0 bridgehead atoms. The Morgan fingerprint density at radius 2 is 2.25 bits per heavy atom. The molecule has 1 fully saturated rings. The molecule has 1 aliphatic rings. The Balaban J connectivity index is 2.25. The van der Waals surface area contributed by atoms with E-state index < -0.39 is 15.8 Å². The SMILES string of the molecule is CNC[C@H]1CCCN(S(=O)(=O)c2ccc(F)cc2Cl)C1. The summed E-state index contributed by atoms with van der Waals surface area (Å²) in [7, 11) is -1.80. The molecule has 1 heterocycles. The van der Waals surface area contributed by atoms with Crippen LogP contribution in [-0.4, -0.2) is 39.4 Å². The van der Waals surface area contributed by atoms with Gasteiger partial charge < -0.3 is 5.32 Å². The van der Waals surface area contributed by atoms with Gasteiger partial charge >= 0.3 is 0 Å². The van der Waals surface area contributed by atoms with Gasteiger partial charge in [-0.2, -0.15) is 4.31 Å². The second kappa shape index (κ2) is 6.39. The Labute approximate surface area is 124 Å². The van der Waals surface area contributed by atoms with Crippen molar-refractivity contribution in [1.82, 2.24) is 9.62 Å². The maximum absolute atomic E-state index is 13.0. The lowest BCUT2D eigenvalue weighted by Gasteiger charge is -2.32. The van der Waals surface area contributed by atoms with Gasteiger partial charge in [0.25, 0.3) is 0 Å². The molecule has 0 aromatic heterocycles. The fourth-order valence-electron chi connectivity index (χ4n) is 2.52. The van der Waals surface area contributed by atoms with Gasteiger partial charge in [-0.1, -0.05) is 11.6 Å². The molecule has 0 radical (unpaired) electrons. The molecule has 1 saturated heterocycles. The first-order chi connectivity index (χ1) is 9.45. The molecule has 0 aliphatic carbocycles. The lowest BCUT2D eigenvalue weighted by Crippen LogP contribution is -2.42. The summed E-state index contributed by atoms with van der Waals surface area (Å²) in [6, 6.07) is 3.38. The van der Waals surface area contributed by atoms with Crippen LogP contribution in [0.3, 0.4) is 0 Å². The van der Waals surface area contributed by atoms with Crippen LogP contribution in [0.2, 0.25) is 5.02 Å². The van der Waals surface area contributed by atoms with Crippen LogP contribution in [0, 0.1) is 11.7 Å². The monoisotopic (exact) mass is 320 g/mol. The quantitative estimate of drug-likeness (QED) is 0.924. The van der Waals surface area contributed by atoms with Crippen LogP contribution in [0.25, 0.3) is 0 Å². The fraction of sp³-hybridized carbons (Fsp3) is 0.538. The summed E-state index contributed by atoms with van der Waals surface area (Å²) in [6.07, 6.45) is 1.83. The average molecular weight is 321 g/mol. The third-order valence-corrected chi connectivity index (χ3v) is 5.83. The Morgan fingerprint density at radius 3 is 2.90 bits per heavy atom. The van der Waals surface area contributed by atoms with Crippen molar-refractivity contribution in [3.63, 3.8) is 0 Å². The van der Waals surface area contributed by atoms with E-state index in [2.05, 4.69) is 5.32 Å². The minimum Gasteiger partial charge on any atom is -0.319 e. The second-order valence-electron chi connectivity index (χ2n) is 5.00. The van der Waals surface area contributed by atoms with Crippen LogP contribution in [0.5, 0.6) is 0 Å². The largest absolute Gasteiger partial charge is 0.319 e. The van der Waals surface area contributed by atoms with Gasteiger partial charge in [0.15, 0.2) is 0 Å². The molecule has 1 aliphatic heterocycles. The third kappa shape index (κ3) is 3.31. The zero-order chi connectivity index (χ0) is 14.8. The van der Waals surface area contributed by atoms with E-state index in [0.717, 1.165) is 31.5 Å². The van der Waals surface area contributed by atoms with E-state index in [9.17, 15) is 12.8 Å². The molecule has 4 nitrogen and oxygen atoms in total. The first-order valence-corrected chi connectivity index (χ1v) is 8.36. The normalized spacial score (nSPS) is 21.1. The Hall–Kier alpha value is -0.690. The highest BCUT2D eigenvalue weighted by molar-refractivity contribution is 7.89. The van der Waals surface area contributed by atoms with Crippen molar-refractivity contribution >= 4 is 21.6 Å². The molecule has 0 unspecified atom stereocenters. The number of nitrogens with zero attached hydrogens (tertiary/aromatic N) is 1. The molecule has 0 spiro atoms. The molecule has 7 heteroatoms. The van der Waals surface area contributed by atoms with Gasteiger partial charge in [-0.25, -0.2) is 12.8 Å². The molecule has 2 rings (SSSR count). The average Bonchev–Trinajstić information content (AvgIpc) is 2.39. The van der Waals surface area contributed by atoms with Gasteiger partial charge in [0.1, 0.15) is 10.7 Å². The number of rotatable bonds is 4. The maximum atomic E-state index is 13.0. The fourth-order valence-corrected chi connectivity index (χ4v) is 4.58. The third-order valence-electron chi connectivity index (χ3n) is 3.49. The number of hydrogen-bond donors (Lipinski definition) is 1. The smallest absolute Gasteiger partial charge is 0.244 e. The van der Waals surface area contributed by atoms with E-state index in [1.54, 1.807) is 0 Å². The highest BCUT2D eigenvalue weighted by atomic mass is 35.5. The Bertz CT molecular complexity index is 578. The summed E-state index contributed by atoms with van der Waals surface area (Å²) in [6.45, 7) is 1.73. The van der Waals surface area contributed by atoms with Crippen molar-refractivity contribution in [2.24, 2.45) is 5.92 Å². The molecule has 0 amide bonds. The van der Waals surface area contributed by atoms with E-state index in [0.29, 0.717) is 19.0 Å². The van der Waals surface area contributed by atoms with Gasteiger partial charge in [-0.3, -0.25) is 0 Å². The summed E-state index contributed by atoms with van der Waals surface area (Å²) < 4.78 is 39.6. The van der Waals surface area contributed by atoms with Gasteiger partial charge in [0.2, 0.25) is 10.0 Å². The highest BCUT2D eigenvalue weighted by Crippen LogP contribution is 2.28. The van der Waals surface area contributed by atoms with Crippen LogP contribution in [-0.2, 0) is 10.0 Å². The summed E-state index contributed by atoms with van der Waals surface area (Å²) in [5.41, 5.74) is 0. The van der Waals surface area contributed by atoms with Crippen LogP contribution in [0.4, 0.5) is 4.39 Å². The van der Waals surface area contributed by atoms with Crippen molar-refractivity contribution in [3.8, 4) is 0 Å². The second-order valence-corrected chi connectivity index (χ2v) is 7.32. The van der Waals surface area contributed by atoms with E-state index in [-0.39, 0.29) is 9.92 Å². The summed E-state index contributed by atoms with van der Waals surface area (Å²) in [5, 5.41) is 3.00. The van der Waals surface area contributed by atoms with Gasteiger partial charge in [-0.15, -0.1) is 0 Å². The van der Waals surface area contributed by atoms with Gasteiger partial charge in [-0.05, 0) is 50.6 Å². The van der Waals surface area contributed by atoms with Crippen LogP contribution >= 0.6 is 11.6 Å². The van der Waals surface area contributed by atoms with Crippen LogP contribution < -0.4 is 5.32 Å². The van der Waals surface area contributed by atoms with Crippen LogP contribution in [0.15, 0.2) is 23.1 Å². The van der Waals surface area contributed by atoms with E-state index in [4.69, 9.17) is 11.6 Å². The topological polar surface area (TPSA) is 49.4 Å². The van der Waals surface area contributed by atoms with Crippen LogP contribution in [0.1, 0.15) is 12.8 Å². The van der Waals surface area contributed by atoms with Crippen molar-refractivity contribution < 1.29 is 12.8 Å². The van der Waals surface area contributed by atoms with Crippen molar-refractivity contribution in [2.45, 2.75) is 17.7 Å². The molecule has 1 aromatic carbocycles. The van der Waals surface area contributed by atoms with Gasteiger partial charge in [0, 0.05) is 13.1 Å². The number of piperidine rings is 1. The molecular weight excluding hydrogens is 303 g/mol. The molecule has 20 heavy (non-hydrogen) atoms. The lowest BCUT2D eigenvalue weighted by atomic mass is 10.00. The molecule has 1 aromatic rings. The Morgan fingerprint density at radius 1 is 1.50 bits per heavy atom. The molecular formula is C13H18ClFN2O2S. The van der Waals surface area contributed by atoms with Gasteiger partial charge in [0.05, 0.1) is 5.02 Å². The number of sulfonamides is 1. The standard InChI is InChI=1S/C13H18ClFN2O2S/c1-16-8-10-3-2-6-17(9-10)20(18,19)13-5-4-11(15)7-12(13)14/h4-5,7,10,16H,2-3,6,8-9H2,1H3/t10-/m1/s1. The predicted octanol–water partition coefficient (Wildman–Crippen LogP) is 2.10. The molecule has 1 atom stereocenters. The number of benzene rings is 1. The minimum absolute atomic E-state index is 0.0225. The van der Waals surface area contributed by atoms with Crippen molar-refractivity contribution in [2.75, 3.05) is 26.7 Å². The summed E-state index contributed by atoms with van der Waals surface area (Å²) in [4.78, 5) is -0.0225. The first-order valence-electron chi connectivity index (χ1n) is 6.55. The van der Waals surface area contributed by atoms with Crippen molar-refractivity contribution in [1.29, 1.82) is 0 Å². The Kier molecular flexibility index (Phi) is 5.01. The molecule has 112 valence electrons. The van der Waals surface area contributed by atoms with E-state index >= 15 is 0 Å². The number of nitrogens with one attached hydrogen (secondary N) is 1. The zero-order valence-corrected chi connectivity index (χ0v) is 12.8. The predicted molar refractivity (Wildman–Crippen MR) is 76.8 cm³/mol. The van der Waals surface area contributed by atoms with E-state index in [1.165, 1.54) is 10.4 Å². The molecule has 1 N–H and O–H groups in total. The summed E-state index contributed by atoms with van der Waals surface area (Å²) >= 11 is 5.87. The number of halogens is 2. The number of hydrogen-bond acceptors (Lipinski definition) is 3. The summed E-state index contributed by atoms with van der Waals surface area (Å²) in [5.74, 6) is -0.247. The molecule has 0 saturated carbocycles. The first kappa shape index (κ1) is 15.7. The maximum Gasteiger partial charge on any atom is 0.244 e. The highest BCUT2D eigenvalue weighted by Gasteiger charge is 2.31. The minimum atomic E-state index is -3.65. The van der Waals surface area contributed by atoms with E-state index in [1.807, 2.05) is 7.05 Å². The lowest BCUT2D eigenvalue weighted by molar-refractivity contribution is 0.263.